The van der Waals surface area contributed by atoms with Gasteiger partial charge in [0.2, 0.25) is 0 Å². The first-order valence-corrected chi connectivity index (χ1v) is 9.04. The van der Waals surface area contributed by atoms with Gasteiger partial charge >= 0.3 is 0 Å². The summed E-state index contributed by atoms with van der Waals surface area (Å²) < 4.78 is 11.7. The van der Waals surface area contributed by atoms with E-state index in [1.54, 1.807) is 0 Å². The van der Waals surface area contributed by atoms with E-state index >= 15 is 0 Å². The van der Waals surface area contributed by atoms with Crippen molar-refractivity contribution in [2.75, 3.05) is 13.2 Å². The van der Waals surface area contributed by atoms with Crippen LogP contribution in [0.4, 0.5) is 0 Å². The molecular weight excluding hydrogens is 264 g/mol. The first-order chi connectivity index (χ1) is 10.2. The Labute approximate surface area is 127 Å². The smallest absolute Gasteiger partial charge is 0.168 e. The van der Waals surface area contributed by atoms with Crippen LogP contribution in [0.3, 0.4) is 0 Å². The van der Waals surface area contributed by atoms with Gasteiger partial charge in [0.25, 0.3) is 0 Å². The van der Waals surface area contributed by atoms with Crippen LogP contribution in [-0.4, -0.2) is 24.8 Å². The SMILES string of the molecule is O=C1CC[C@@H]2CC(C3CCC4(CC3)OCCO4)CC[C@H]2C1. The lowest BCUT2D eigenvalue weighted by Crippen LogP contribution is -2.39. The average molecular weight is 292 g/mol. The topological polar surface area (TPSA) is 35.5 Å². The monoisotopic (exact) mass is 292 g/mol. The Morgan fingerprint density at radius 3 is 2.24 bits per heavy atom. The third-order valence-corrected chi connectivity index (χ3v) is 6.74. The second kappa shape index (κ2) is 5.66. The molecule has 0 aromatic carbocycles. The normalized spacial score (nSPS) is 40.4. The summed E-state index contributed by atoms with van der Waals surface area (Å²) in [7, 11) is 0. The van der Waals surface area contributed by atoms with Gasteiger partial charge in [-0.15, -0.1) is 0 Å². The van der Waals surface area contributed by atoms with Gasteiger partial charge in [0.05, 0.1) is 13.2 Å². The second-order valence-corrected chi connectivity index (χ2v) is 7.82. The maximum atomic E-state index is 11.6. The Morgan fingerprint density at radius 2 is 1.48 bits per heavy atom. The first-order valence-electron chi connectivity index (χ1n) is 9.04. The van der Waals surface area contributed by atoms with Gasteiger partial charge in [-0.05, 0) is 62.2 Å². The molecule has 0 aromatic rings. The molecule has 4 aliphatic rings. The minimum Gasteiger partial charge on any atom is -0.348 e. The summed E-state index contributed by atoms with van der Waals surface area (Å²) in [5, 5.41) is 0. The Bertz CT molecular complexity index is 389. The van der Waals surface area contributed by atoms with Crippen molar-refractivity contribution in [1.82, 2.24) is 0 Å². The molecule has 1 heterocycles. The standard InChI is InChI=1S/C18H28O3/c19-17-4-3-15-11-14(1-2-16(15)12-17)13-5-7-18(8-6-13)20-9-10-21-18/h13-16H,1-12H2/t14?,15-,16+/m1/s1. The molecule has 1 spiro atoms. The van der Waals surface area contributed by atoms with Crippen molar-refractivity contribution in [3.8, 4) is 0 Å². The Balaban J connectivity index is 1.33. The highest BCUT2D eigenvalue weighted by molar-refractivity contribution is 5.79. The van der Waals surface area contributed by atoms with Gasteiger partial charge < -0.3 is 9.47 Å². The molecule has 0 radical (unpaired) electrons. The van der Waals surface area contributed by atoms with E-state index in [1.807, 2.05) is 0 Å². The largest absolute Gasteiger partial charge is 0.348 e. The van der Waals surface area contributed by atoms with Gasteiger partial charge in [0, 0.05) is 25.7 Å². The lowest BCUT2D eigenvalue weighted by Gasteiger charge is -2.44. The van der Waals surface area contributed by atoms with Crippen molar-refractivity contribution in [3.05, 3.63) is 0 Å². The number of ketones is 1. The molecule has 3 atom stereocenters. The first kappa shape index (κ1) is 14.2. The van der Waals surface area contributed by atoms with Crippen molar-refractivity contribution >= 4 is 5.78 Å². The summed E-state index contributed by atoms with van der Waals surface area (Å²) in [5.41, 5.74) is 0. The summed E-state index contributed by atoms with van der Waals surface area (Å²) >= 11 is 0. The van der Waals surface area contributed by atoms with E-state index in [9.17, 15) is 4.79 Å². The van der Waals surface area contributed by atoms with Crippen molar-refractivity contribution in [2.45, 2.75) is 70.0 Å². The van der Waals surface area contributed by atoms with Crippen LogP contribution < -0.4 is 0 Å². The molecule has 3 aliphatic carbocycles. The maximum Gasteiger partial charge on any atom is 0.168 e. The summed E-state index contributed by atoms with van der Waals surface area (Å²) in [5.74, 6) is 3.66. The Morgan fingerprint density at radius 1 is 0.810 bits per heavy atom. The fraction of sp³-hybridized carbons (Fsp3) is 0.944. The van der Waals surface area contributed by atoms with E-state index in [-0.39, 0.29) is 5.79 Å². The molecule has 1 saturated heterocycles. The third-order valence-electron chi connectivity index (χ3n) is 6.74. The van der Waals surface area contributed by atoms with Gasteiger partial charge in [-0.3, -0.25) is 4.79 Å². The summed E-state index contributed by atoms with van der Waals surface area (Å²) in [6.45, 7) is 1.57. The molecule has 3 saturated carbocycles. The summed E-state index contributed by atoms with van der Waals surface area (Å²) in [6.07, 6.45) is 11.7. The number of carbonyl (C=O) groups excluding carboxylic acids is 1. The molecule has 0 bridgehead atoms. The number of ether oxygens (including phenoxy) is 2. The van der Waals surface area contributed by atoms with Gasteiger partial charge in [-0.25, -0.2) is 0 Å². The van der Waals surface area contributed by atoms with Gasteiger partial charge in [-0.1, -0.05) is 0 Å². The maximum absolute atomic E-state index is 11.6. The van der Waals surface area contributed by atoms with Crippen LogP contribution in [0.1, 0.15) is 64.2 Å². The molecule has 0 N–H and O–H groups in total. The number of Topliss-reactive ketones (excluding diaryl/α,β-unsaturated/α-hetero) is 1. The second-order valence-electron chi connectivity index (χ2n) is 7.82. The zero-order valence-electron chi connectivity index (χ0n) is 13.0. The predicted octanol–water partition coefficient (Wildman–Crippen LogP) is 3.71. The molecule has 3 heteroatoms. The molecule has 118 valence electrons. The fourth-order valence-corrected chi connectivity index (χ4v) is 5.49. The van der Waals surface area contributed by atoms with E-state index < -0.39 is 0 Å². The van der Waals surface area contributed by atoms with Crippen LogP contribution in [0.25, 0.3) is 0 Å². The van der Waals surface area contributed by atoms with Crippen LogP contribution in [-0.2, 0) is 14.3 Å². The lowest BCUT2D eigenvalue weighted by molar-refractivity contribution is -0.186. The molecule has 1 unspecified atom stereocenters. The van der Waals surface area contributed by atoms with Crippen LogP contribution in [0, 0.1) is 23.7 Å². The van der Waals surface area contributed by atoms with Crippen molar-refractivity contribution in [2.24, 2.45) is 23.7 Å². The molecule has 4 rings (SSSR count). The molecule has 3 nitrogen and oxygen atoms in total. The number of carbonyl (C=O) groups is 1. The number of hydrogen-bond donors (Lipinski definition) is 0. The highest BCUT2D eigenvalue weighted by Gasteiger charge is 2.44. The molecular formula is C18H28O3. The van der Waals surface area contributed by atoms with Gasteiger partial charge in [-0.2, -0.15) is 0 Å². The van der Waals surface area contributed by atoms with Crippen LogP contribution >= 0.6 is 0 Å². The fourth-order valence-electron chi connectivity index (χ4n) is 5.49. The third kappa shape index (κ3) is 2.79. The number of fused-ring (bicyclic) bond motifs is 1. The van der Waals surface area contributed by atoms with Crippen LogP contribution in [0.5, 0.6) is 0 Å². The van der Waals surface area contributed by atoms with Gasteiger partial charge in [0.1, 0.15) is 5.78 Å². The minimum atomic E-state index is -0.203. The van der Waals surface area contributed by atoms with Crippen molar-refractivity contribution in [1.29, 1.82) is 0 Å². The molecule has 4 fully saturated rings. The van der Waals surface area contributed by atoms with E-state index in [0.29, 0.717) is 5.78 Å². The van der Waals surface area contributed by atoms with E-state index in [0.717, 1.165) is 62.6 Å². The summed E-state index contributed by atoms with van der Waals surface area (Å²) in [6, 6.07) is 0. The molecule has 0 aromatic heterocycles. The van der Waals surface area contributed by atoms with E-state index in [4.69, 9.17) is 9.47 Å². The van der Waals surface area contributed by atoms with Crippen molar-refractivity contribution < 1.29 is 14.3 Å². The van der Waals surface area contributed by atoms with Crippen LogP contribution in [0.2, 0.25) is 0 Å². The molecule has 0 amide bonds. The zero-order valence-corrected chi connectivity index (χ0v) is 13.0. The molecule has 21 heavy (non-hydrogen) atoms. The van der Waals surface area contributed by atoms with E-state index in [2.05, 4.69) is 0 Å². The quantitative estimate of drug-likeness (QED) is 0.739. The number of hydrogen-bond acceptors (Lipinski definition) is 3. The average Bonchev–Trinajstić information content (AvgIpc) is 2.96. The highest BCUT2D eigenvalue weighted by atomic mass is 16.7. The minimum absolute atomic E-state index is 0.203. The Kier molecular flexibility index (Phi) is 3.83. The van der Waals surface area contributed by atoms with Gasteiger partial charge in [0.15, 0.2) is 5.79 Å². The summed E-state index contributed by atoms with van der Waals surface area (Å²) in [4.78, 5) is 11.6. The van der Waals surface area contributed by atoms with Crippen LogP contribution in [0.15, 0.2) is 0 Å². The highest BCUT2D eigenvalue weighted by Crippen LogP contribution is 2.48. The number of rotatable bonds is 1. The lowest BCUT2D eigenvalue weighted by atomic mass is 9.62. The van der Waals surface area contributed by atoms with Crippen molar-refractivity contribution in [3.63, 3.8) is 0 Å². The molecule has 1 aliphatic heterocycles. The Hall–Kier alpha value is -0.410. The predicted molar refractivity (Wildman–Crippen MR) is 79.8 cm³/mol. The van der Waals surface area contributed by atoms with E-state index in [1.165, 1.54) is 38.5 Å². The zero-order chi connectivity index (χ0) is 14.3.